The van der Waals surface area contributed by atoms with Gasteiger partial charge < -0.3 is 9.88 Å². The van der Waals surface area contributed by atoms with E-state index in [4.69, 9.17) is 0 Å². The minimum absolute atomic E-state index is 0.0275. The summed E-state index contributed by atoms with van der Waals surface area (Å²) in [4.78, 5) is 23.6. The van der Waals surface area contributed by atoms with Crippen molar-refractivity contribution in [2.24, 2.45) is 0 Å². The number of nitrogens with one attached hydrogen (secondary N) is 1. The Bertz CT molecular complexity index is 657. The second kappa shape index (κ2) is 6.80. The van der Waals surface area contributed by atoms with Gasteiger partial charge in [-0.05, 0) is 19.4 Å². The lowest BCUT2D eigenvalue weighted by atomic mass is 10.1. The van der Waals surface area contributed by atoms with Gasteiger partial charge in [0.15, 0.2) is 0 Å². The number of nitrogens with zero attached hydrogens (tertiary/aromatic N) is 3. The van der Waals surface area contributed by atoms with Gasteiger partial charge in [0.1, 0.15) is 11.2 Å². The van der Waals surface area contributed by atoms with Crippen LogP contribution in [0.25, 0.3) is 0 Å². The molecule has 1 fully saturated rings. The molecule has 3 rings (SSSR count). The largest absolute Gasteiger partial charge is 0.365 e. The molecule has 2 aromatic heterocycles. The molecule has 2 atom stereocenters. The summed E-state index contributed by atoms with van der Waals surface area (Å²) in [6, 6.07) is 1.82. The molecule has 1 saturated heterocycles. The topological polar surface area (TPSA) is 52.2 Å². The van der Waals surface area contributed by atoms with Crippen LogP contribution >= 0.6 is 11.3 Å². The van der Waals surface area contributed by atoms with Crippen LogP contribution in [0.15, 0.2) is 23.8 Å². The Labute approximate surface area is 139 Å². The van der Waals surface area contributed by atoms with Crippen molar-refractivity contribution in [2.45, 2.75) is 32.1 Å². The molecule has 1 amide bonds. The fourth-order valence-corrected chi connectivity index (χ4v) is 3.74. The fraction of sp³-hybridized carbons (Fsp3) is 0.500. The highest BCUT2D eigenvalue weighted by atomic mass is 32.1. The Morgan fingerprint density at radius 1 is 1.61 bits per heavy atom. The summed E-state index contributed by atoms with van der Waals surface area (Å²) in [5, 5.41) is 2.91. The summed E-state index contributed by atoms with van der Waals surface area (Å²) < 4.78 is 13.9. The number of rotatable bonds is 5. The fourth-order valence-electron chi connectivity index (χ4n) is 3.10. The predicted molar refractivity (Wildman–Crippen MR) is 88.3 cm³/mol. The molecule has 124 valence electrons. The number of amides is 1. The molecule has 0 spiro atoms. The van der Waals surface area contributed by atoms with Crippen LogP contribution in [0, 0.1) is 6.92 Å². The third-order valence-electron chi connectivity index (χ3n) is 4.31. The number of aromatic amines is 1. The minimum Gasteiger partial charge on any atom is -0.365 e. The molecule has 1 N–H and O–H groups in total. The van der Waals surface area contributed by atoms with Crippen LogP contribution in [0.2, 0.25) is 0 Å². The smallest absolute Gasteiger partial charge is 0.255 e. The van der Waals surface area contributed by atoms with Crippen molar-refractivity contribution in [1.29, 1.82) is 0 Å². The number of hydrogen-bond acceptors (Lipinski definition) is 4. The zero-order chi connectivity index (χ0) is 16.4. The Morgan fingerprint density at radius 3 is 3.09 bits per heavy atom. The van der Waals surface area contributed by atoms with Crippen molar-refractivity contribution in [1.82, 2.24) is 19.8 Å². The van der Waals surface area contributed by atoms with Crippen LogP contribution in [0.5, 0.6) is 0 Å². The first kappa shape index (κ1) is 16.1. The van der Waals surface area contributed by atoms with Gasteiger partial charge in [0.25, 0.3) is 5.91 Å². The van der Waals surface area contributed by atoms with Gasteiger partial charge in [0.05, 0.1) is 12.1 Å². The quantitative estimate of drug-likeness (QED) is 0.912. The number of hydrogen-bond donors (Lipinski definition) is 1. The molecule has 1 aliphatic rings. The molecular formula is C16H21FN4OS. The van der Waals surface area contributed by atoms with Gasteiger partial charge in [-0.2, -0.15) is 0 Å². The van der Waals surface area contributed by atoms with Crippen molar-refractivity contribution in [2.75, 3.05) is 20.1 Å². The van der Waals surface area contributed by atoms with Crippen molar-refractivity contribution in [3.63, 3.8) is 0 Å². The third kappa shape index (κ3) is 3.61. The normalized spacial score (nSPS) is 21.7. The van der Waals surface area contributed by atoms with Crippen molar-refractivity contribution < 1.29 is 9.18 Å². The minimum atomic E-state index is -0.836. The summed E-state index contributed by atoms with van der Waals surface area (Å²) in [5.41, 5.74) is 1.53. The molecule has 5 nitrogen and oxygen atoms in total. The lowest BCUT2D eigenvalue weighted by molar-refractivity contribution is 0.0749. The van der Waals surface area contributed by atoms with Crippen molar-refractivity contribution >= 4 is 17.2 Å². The summed E-state index contributed by atoms with van der Waals surface area (Å²) in [7, 11) is 1.78. The maximum Gasteiger partial charge on any atom is 0.255 e. The van der Waals surface area contributed by atoms with Crippen molar-refractivity contribution in [3.05, 3.63) is 40.1 Å². The highest BCUT2D eigenvalue weighted by molar-refractivity contribution is 7.09. The van der Waals surface area contributed by atoms with Gasteiger partial charge in [0, 0.05) is 49.6 Å². The summed E-state index contributed by atoms with van der Waals surface area (Å²) >= 11 is 1.58. The maximum absolute atomic E-state index is 13.9. The van der Waals surface area contributed by atoms with E-state index in [1.807, 2.05) is 12.3 Å². The number of alkyl halides is 1. The Morgan fingerprint density at radius 2 is 2.43 bits per heavy atom. The summed E-state index contributed by atoms with van der Waals surface area (Å²) in [5.74, 6) is -0.0275. The third-order valence-corrected chi connectivity index (χ3v) is 5.08. The summed E-state index contributed by atoms with van der Waals surface area (Å²) in [6.07, 6.45) is 3.16. The van der Waals surface area contributed by atoms with E-state index in [1.54, 1.807) is 41.7 Å². The Kier molecular flexibility index (Phi) is 4.77. The molecule has 0 radical (unpaired) electrons. The van der Waals surface area contributed by atoms with Crippen LogP contribution in [-0.4, -0.2) is 58.0 Å². The number of halogens is 1. The predicted octanol–water partition coefficient (Wildman–Crippen LogP) is 2.46. The van der Waals surface area contributed by atoms with Gasteiger partial charge in [0.2, 0.25) is 0 Å². The van der Waals surface area contributed by atoms with E-state index in [1.165, 1.54) is 0 Å². The number of likely N-dealkylation sites (N-methyl/N-ethyl adjacent to an activating group) is 1. The number of aromatic nitrogens is 2. The Balaban J connectivity index is 1.65. The van der Waals surface area contributed by atoms with Gasteiger partial charge >= 0.3 is 0 Å². The standard InChI is InChI=1S/C16H21FN4OS/c1-11-14(3-4-18-11)16(22)20(2)9-13-7-12(17)8-21(13)10-15-19-5-6-23-15/h3-6,12-13,18H,7-10H2,1-2H3/t12-,13-/m0/s1. The van der Waals surface area contributed by atoms with Crippen LogP contribution in [0.3, 0.4) is 0 Å². The van der Waals surface area contributed by atoms with Crippen molar-refractivity contribution in [3.8, 4) is 0 Å². The average molecular weight is 336 g/mol. The van der Waals surface area contributed by atoms with E-state index in [0.717, 1.165) is 10.7 Å². The van der Waals surface area contributed by atoms with Gasteiger partial charge in [-0.3, -0.25) is 9.69 Å². The number of thiazole rings is 1. The number of aryl methyl sites for hydroxylation is 1. The molecule has 3 heterocycles. The van der Waals surface area contributed by atoms with E-state index in [-0.39, 0.29) is 11.9 Å². The molecular weight excluding hydrogens is 315 g/mol. The lowest BCUT2D eigenvalue weighted by Crippen LogP contribution is -2.41. The molecule has 7 heteroatoms. The SMILES string of the molecule is Cc1[nH]ccc1C(=O)N(C)C[C@@H]1C[C@H](F)CN1Cc1nccs1. The van der Waals surface area contributed by atoms with Gasteiger partial charge in [-0.15, -0.1) is 11.3 Å². The molecule has 2 aromatic rings. The van der Waals surface area contributed by atoms with E-state index < -0.39 is 6.17 Å². The van der Waals surface area contributed by atoms with Gasteiger partial charge in [-0.1, -0.05) is 0 Å². The van der Waals surface area contributed by atoms with Crippen LogP contribution in [0.1, 0.15) is 27.5 Å². The van der Waals surface area contributed by atoms with Crippen LogP contribution < -0.4 is 0 Å². The first-order valence-electron chi connectivity index (χ1n) is 7.70. The molecule has 1 aliphatic heterocycles. The van der Waals surface area contributed by atoms with Crippen LogP contribution in [-0.2, 0) is 6.54 Å². The average Bonchev–Trinajstić information content (AvgIpc) is 3.22. The molecule has 0 saturated carbocycles. The lowest BCUT2D eigenvalue weighted by Gasteiger charge is -2.27. The molecule has 0 aliphatic carbocycles. The first-order valence-corrected chi connectivity index (χ1v) is 8.58. The zero-order valence-corrected chi connectivity index (χ0v) is 14.1. The number of H-pyrrole nitrogens is 1. The highest BCUT2D eigenvalue weighted by Gasteiger charge is 2.34. The maximum atomic E-state index is 13.9. The number of carbonyl (C=O) groups excluding carboxylic acids is 1. The number of likely N-dealkylation sites (tertiary alicyclic amines) is 1. The first-order chi connectivity index (χ1) is 11.0. The van der Waals surface area contributed by atoms with Gasteiger partial charge in [-0.25, -0.2) is 9.37 Å². The number of carbonyl (C=O) groups is 1. The molecule has 0 bridgehead atoms. The highest BCUT2D eigenvalue weighted by Crippen LogP contribution is 2.24. The zero-order valence-electron chi connectivity index (χ0n) is 13.3. The summed E-state index contributed by atoms with van der Waals surface area (Å²) in [6.45, 7) is 3.46. The molecule has 23 heavy (non-hydrogen) atoms. The van der Waals surface area contributed by atoms with E-state index in [2.05, 4.69) is 14.9 Å². The monoisotopic (exact) mass is 336 g/mol. The Hall–Kier alpha value is -1.73. The second-order valence-corrected chi connectivity index (χ2v) is 7.02. The second-order valence-electron chi connectivity index (χ2n) is 6.04. The molecule has 0 unspecified atom stereocenters. The van der Waals surface area contributed by atoms with Crippen LogP contribution in [0.4, 0.5) is 4.39 Å². The van der Waals surface area contributed by atoms with E-state index in [9.17, 15) is 9.18 Å². The molecule has 0 aromatic carbocycles. The van der Waals surface area contributed by atoms with E-state index in [0.29, 0.717) is 31.6 Å². The van der Waals surface area contributed by atoms with E-state index >= 15 is 0 Å².